The second-order valence-corrected chi connectivity index (χ2v) is 3.31. The van der Waals surface area contributed by atoms with Crippen molar-refractivity contribution in [3.8, 4) is 0 Å². The summed E-state index contributed by atoms with van der Waals surface area (Å²) in [5.74, 6) is -0.231. The van der Waals surface area contributed by atoms with Crippen LogP contribution in [0.5, 0.6) is 0 Å². The van der Waals surface area contributed by atoms with E-state index in [9.17, 15) is 14.9 Å². The van der Waals surface area contributed by atoms with Crippen molar-refractivity contribution in [1.82, 2.24) is 5.01 Å². The van der Waals surface area contributed by atoms with Crippen molar-refractivity contribution in [2.45, 2.75) is 6.29 Å². The highest BCUT2D eigenvalue weighted by Gasteiger charge is 2.30. The smallest absolute Gasteiger partial charge is 0.416 e. The van der Waals surface area contributed by atoms with Crippen LogP contribution in [0.25, 0.3) is 0 Å². The lowest BCUT2D eigenvalue weighted by Crippen LogP contribution is -2.19. The zero-order valence-corrected chi connectivity index (χ0v) is 9.31. The number of nitrogens with zero attached hydrogens (tertiary/aromatic N) is 3. The van der Waals surface area contributed by atoms with Crippen LogP contribution in [-0.4, -0.2) is 42.2 Å². The third kappa shape index (κ3) is 2.46. The Bertz CT molecular complexity index is 496. The first-order valence-electron chi connectivity index (χ1n) is 4.89. The first-order valence-corrected chi connectivity index (χ1v) is 4.89. The first-order chi connectivity index (χ1) is 8.60. The number of methoxy groups -OCH3 is 1. The number of furan rings is 1. The summed E-state index contributed by atoms with van der Waals surface area (Å²) in [6, 6.07) is 2.57. The average molecular weight is 255 g/mol. The van der Waals surface area contributed by atoms with Crippen molar-refractivity contribution < 1.29 is 23.6 Å². The van der Waals surface area contributed by atoms with Gasteiger partial charge in [0, 0.05) is 7.11 Å². The highest BCUT2D eigenvalue weighted by molar-refractivity contribution is 5.78. The summed E-state index contributed by atoms with van der Waals surface area (Å²) >= 11 is 0. The fourth-order valence-electron chi connectivity index (χ4n) is 1.28. The third-order valence-electron chi connectivity index (χ3n) is 2.14. The van der Waals surface area contributed by atoms with Gasteiger partial charge in [-0.05, 0) is 6.07 Å². The molecule has 0 spiro atoms. The molecule has 96 valence electrons. The molecule has 1 atom stereocenters. The van der Waals surface area contributed by atoms with E-state index in [0.29, 0.717) is 0 Å². The number of carbonyl (C=O) groups excluding carboxylic acids is 1. The van der Waals surface area contributed by atoms with Crippen LogP contribution in [0.15, 0.2) is 21.7 Å². The largest absolute Gasteiger partial charge is 0.433 e. The van der Waals surface area contributed by atoms with E-state index < -0.39 is 23.2 Å². The van der Waals surface area contributed by atoms with Crippen molar-refractivity contribution in [1.29, 1.82) is 0 Å². The molecular weight excluding hydrogens is 246 g/mol. The van der Waals surface area contributed by atoms with E-state index >= 15 is 0 Å². The lowest BCUT2D eigenvalue weighted by molar-refractivity contribution is -0.402. The maximum Gasteiger partial charge on any atom is 0.433 e. The summed E-state index contributed by atoms with van der Waals surface area (Å²) in [5.41, 5.74) is 0. The van der Waals surface area contributed by atoms with E-state index in [2.05, 4.69) is 5.10 Å². The second kappa shape index (κ2) is 4.84. The number of cyclic esters (lactones) is 1. The van der Waals surface area contributed by atoms with Gasteiger partial charge < -0.3 is 13.9 Å². The molecule has 1 aromatic rings. The predicted molar refractivity (Wildman–Crippen MR) is 56.9 cm³/mol. The number of amides is 1. The second-order valence-electron chi connectivity index (χ2n) is 3.31. The maximum atomic E-state index is 11.2. The SMILES string of the molecule is COC1CN(N=Cc2ccc([N+](=O)[O-])o2)C(=O)O1. The lowest BCUT2D eigenvalue weighted by atomic mass is 10.5. The Morgan fingerprint density at radius 1 is 1.67 bits per heavy atom. The molecule has 1 fully saturated rings. The van der Waals surface area contributed by atoms with Gasteiger partial charge in [-0.2, -0.15) is 10.1 Å². The molecule has 1 amide bonds. The summed E-state index contributed by atoms with van der Waals surface area (Å²) in [4.78, 5) is 21.0. The molecule has 0 bridgehead atoms. The van der Waals surface area contributed by atoms with Crippen LogP contribution in [0, 0.1) is 10.1 Å². The minimum atomic E-state index is -0.666. The fourth-order valence-corrected chi connectivity index (χ4v) is 1.28. The summed E-state index contributed by atoms with van der Waals surface area (Å²) in [6.45, 7) is 0.147. The molecule has 1 aliphatic heterocycles. The van der Waals surface area contributed by atoms with E-state index in [1.807, 2.05) is 0 Å². The van der Waals surface area contributed by atoms with E-state index in [0.717, 1.165) is 5.01 Å². The number of rotatable bonds is 4. The number of hydrogen-bond acceptors (Lipinski definition) is 7. The van der Waals surface area contributed by atoms with E-state index in [1.165, 1.54) is 25.5 Å². The van der Waals surface area contributed by atoms with Gasteiger partial charge in [0.05, 0.1) is 12.3 Å². The Labute approximate surface area is 101 Å². The van der Waals surface area contributed by atoms with Gasteiger partial charge in [0.15, 0.2) is 5.76 Å². The van der Waals surface area contributed by atoms with Gasteiger partial charge in [0.25, 0.3) is 0 Å². The number of hydrazone groups is 1. The van der Waals surface area contributed by atoms with Crippen molar-refractivity contribution in [2.24, 2.45) is 5.10 Å². The lowest BCUT2D eigenvalue weighted by Gasteiger charge is -2.03. The zero-order chi connectivity index (χ0) is 13.1. The molecule has 0 aliphatic carbocycles. The fraction of sp³-hybridized carbons (Fsp3) is 0.333. The summed E-state index contributed by atoms with van der Waals surface area (Å²) in [6.07, 6.45) is -0.133. The minimum absolute atomic E-state index is 0.147. The Kier molecular flexibility index (Phi) is 3.24. The quantitative estimate of drug-likeness (QED) is 0.450. The van der Waals surface area contributed by atoms with Crippen LogP contribution in [0.3, 0.4) is 0 Å². The van der Waals surface area contributed by atoms with Crippen molar-refractivity contribution >= 4 is 18.2 Å². The van der Waals surface area contributed by atoms with Crippen LogP contribution in [0.2, 0.25) is 0 Å². The summed E-state index contributed by atoms with van der Waals surface area (Å²) in [7, 11) is 1.40. The normalized spacial score (nSPS) is 19.5. The standard InChI is InChI=1S/C9H9N3O6/c1-16-8-5-11(9(13)18-8)10-4-6-2-3-7(17-6)12(14)15/h2-4,8H,5H2,1H3. The zero-order valence-electron chi connectivity index (χ0n) is 9.31. The van der Waals surface area contributed by atoms with Crippen LogP contribution in [-0.2, 0) is 9.47 Å². The molecular formula is C9H9N3O6. The van der Waals surface area contributed by atoms with Gasteiger partial charge in [-0.15, -0.1) is 0 Å². The molecule has 1 aliphatic rings. The number of hydrogen-bond donors (Lipinski definition) is 0. The summed E-state index contributed by atoms with van der Waals surface area (Å²) < 4.78 is 14.4. The third-order valence-corrected chi connectivity index (χ3v) is 2.14. The molecule has 18 heavy (non-hydrogen) atoms. The topological polar surface area (TPSA) is 107 Å². The van der Waals surface area contributed by atoms with Crippen LogP contribution < -0.4 is 0 Å². The van der Waals surface area contributed by atoms with Gasteiger partial charge >= 0.3 is 12.0 Å². The van der Waals surface area contributed by atoms with Gasteiger partial charge in [-0.1, -0.05) is 0 Å². The minimum Gasteiger partial charge on any atom is -0.416 e. The molecule has 0 saturated carbocycles. The Balaban J connectivity index is 2.02. The monoisotopic (exact) mass is 255 g/mol. The first kappa shape index (κ1) is 12.0. The van der Waals surface area contributed by atoms with Gasteiger partial charge in [0.2, 0.25) is 6.29 Å². The molecule has 0 radical (unpaired) electrons. The molecule has 1 unspecified atom stereocenters. The average Bonchev–Trinajstić information content (AvgIpc) is 2.93. The molecule has 1 saturated heterocycles. The number of ether oxygens (including phenoxy) is 2. The highest BCUT2D eigenvalue weighted by atomic mass is 16.7. The molecule has 0 aromatic carbocycles. The van der Waals surface area contributed by atoms with Gasteiger partial charge in [-0.25, -0.2) is 4.79 Å². The Morgan fingerprint density at radius 2 is 2.44 bits per heavy atom. The molecule has 0 N–H and O–H groups in total. The molecule has 9 nitrogen and oxygen atoms in total. The predicted octanol–water partition coefficient (Wildman–Crippen LogP) is 0.946. The van der Waals surface area contributed by atoms with E-state index in [1.54, 1.807) is 0 Å². The highest BCUT2D eigenvalue weighted by Crippen LogP contribution is 2.15. The molecule has 2 heterocycles. The van der Waals surface area contributed by atoms with Crippen LogP contribution >= 0.6 is 0 Å². The molecule has 2 rings (SSSR count). The molecule has 1 aromatic heterocycles. The van der Waals surface area contributed by atoms with Crippen LogP contribution in [0.1, 0.15) is 5.76 Å². The van der Waals surface area contributed by atoms with Crippen molar-refractivity contribution in [3.05, 3.63) is 28.0 Å². The maximum absolute atomic E-state index is 11.2. The number of nitro groups is 1. The van der Waals surface area contributed by atoms with Crippen LogP contribution in [0.4, 0.5) is 10.7 Å². The van der Waals surface area contributed by atoms with E-state index in [-0.39, 0.29) is 12.3 Å². The molecule has 9 heteroatoms. The Hall–Kier alpha value is -2.42. The Morgan fingerprint density at radius 3 is 3.00 bits per heavy atom. The van der Waals surface area contributed by atoms with Gasteiger partial charge in [0.1, 0.15) is 11.5 Å². The van der Waals surface area contributed by atoms with Gasteiger partial charge in [-0.3, -0.25) is 10.1 Å². The summed E-state index contributed by atoms with van der Waals surface area (Å²) in [5, 5.41) is 15.2. The van der Waals surface area contributed by atoms with E-state index in [4.69, 9.17) is 13.9 Å². The van der Waals surface area contributed by atoms with Crippen molar-refractivity contribution in [2.75, 3.05) is 13.7 Å². The number of carbonyl (C=O) groups is 1. The van der Waals surface area contributed by atoms with Crippen molar-refractivity contribution in [3.63, 3.8) is 0 Å².